The normalized spacial score (nSPS) is 18.6. The second-order valence-electron chi connectivity index (χ2n) is 9.35. The van der Waals surface area contributed by atoms with Gasteiger partial charge in [0, 0.05) is 34.4 Å². The van der Waals surface area contributed by atoms with Crippen LogP contribution in [-0.2, 0) is 44.0 Å². The lowest BCUT2D eigenvalue weighted by Gasteiger charge is -2.31. The molecule has 5 rings (SSSR count). The zero-order chi connectivity index (χ0) is 26.9. The van der Waals surface area contributed by atoms with Crippen LogP contribution in [0.3, 0.4) is 0 Å². The van der Waals surface area contributed by atoms with Gasteiger partial charge in [0.1, 0.15) is 11.4 Å². The van der Waals surface area contributed by atoms with Gasteiger partial charge in [0.15, 0.2) is 0 Å². The molecule has 0 aliphatic carbocycles. The highest BCUT2D eigenvalue weighted by molar-refractivity contribution is 7.86. The average Bonchev–Trinajstić information content (AvgIpc) is 3.27. The van der Waals surface area contributed by atoms with Crippen LogP contribution in [0.15, 0.2) is 41.8 Å². The molecule has 1 aromatic heterocycles. The van der Waals surface area contributed by atoms with E-state index in [-0.39, 0.29) is 30.6 Å². The third kappa shape index (κ3) is 6.67. The van der Waals surface area contributed by atoms with Crippen molar-refractivity contribution in [2.75, 3.05) is 19.3 Å². The summed E-state index contributed by atoms with van der Waals surface area (Å²) in [5.74, 6) is 0.535. The smallest absolute Gasteiger partial charge is 0.306 e. The number of halogens is 2. The molecule has 0 saturated carbocycles. The third-order valence-electron chi connectivity index (χ3n) is 6.53. The number of ether oxygens (including phenoxy) is 2. The van der Waals surface area contributed by atoms with E-state index in [2.05, 4.69) is 0 Å². The predicted molar refractivity (Wildman–Crippen MR) is 145 cm³/mol. The molecule has 1 amide bonds. The van der Waals surface area contributed by atoms with Gasteiger partial charge in [-0.25, -0.2) is 4.98 Å². The van der Waals surface area contributed by atoms with Gasteiger partial charge in [0.05, 0.1) is 30.9 Å². The molecule has 1 atom stereocenters. The minimum Gasteiger partial charge on any atom is -0.383 e. The summed E-state index contributed by atoms with van der Waals surface area (Å²) in [5.41, 5.74) is 3.15. The van der Waals surface area contributed by atoms with Gasteiger partial charge in [0.2, 0.25) is 12.2 Å². The fourth-order valence-electron chi connectivity index (χ4n) is 4.58. The molecule has 202 valence electrons. The zero-order valence-electron chi connectivity index (χ0n) is 20.6. The fourth-order valence-corrected chi connectivity index (χ4v) is 6.40. The molecule has 2 aliphatic rings. The first-order chi connectivity index (χ1) is 18.1. The lowest BCUT2D eigenvalue weighted by atomic mass is 9.97. The topological polar surface area (TPSA) is 95.0 Å². The second-order valence-corrected chi connectivity index (χ2v) is 12.7. The molecule has 0 N–H and O–H groups in total. The standard InChI is InChI=1S/C26H26Cl2N2O6S2/c1-38(32,33)36-21-4-2-17-13-34-26(35-14-19(17)11-21)23-15-37-25(29-23)16-6-8-30(9-7-16)24(31)12-18-10-20(27)3-5-22(18)28/h2-5,10-11,15-16,26H,6-9,12-14H2,1H3. The van der Waals surface area contributed by atoms with Gasteiger partial charge < -0.3 is 18.6 Å². The number of likely N-dealkylation sites (tertiary alicyclic amines) is 1. The summed E-state index contributed by atoms with van der Waals surface area (Å²) in [7, 11) is -3.61. The van der Waals surface area contributed by atoms with Crippen molar-refractivity contribution in [3.8, 4) is 5.75 Å². The molecule has 1 fully saturated rings. The van der Waals surface area contributed by atoms with Crippen LogP contribution in [0.25, 0.3) is 0 Å². The van der Waals surface area contributed by atoms with Gasteiger partial charge in [0.25, 0.3) is 0 Å². The number of nitrogens with zero attached hydrogens (tertiary/aromatic N) is 2. The van der Waals surface area contributed by atoms with E-state index in [0.717, 1.165) is 40.8 Å². The van der Waals surface area contributed by atoms with Crippen molar-refractivity contribution in [1.82, 2.24) is 9.88 Å². The quantitative estimate of drug-likeness (QED) is 0.347. The van der Waals surface area contributed by atoms with Crippen LogP contribution in [0.5, 0.6) is 5.75 Å². The number of hydrogen-bond acceptors (Lipinski definition) is 8. The van der Waals surface area contributed by atoms with Crippen LogP contribution in [-0.4, -0.2) is 43.6 Å². The maximum absolute atomic E-state index is 12.8. The molecule has 2 aromatic carbocycles. The number of carbonyl (C=O) groups is 1. The first kappa shape index (κ1) is 27.4. The van der Waals surface area contributed by atoms with Gasteiger partial charge in [-0.3, -0.25) is 4.79 Å². The Labute approximate surface area is 235 Å². The summed E-state index contributed by atoms with van der Waals surface area (Å²) in [5, 5.41) is 4.06. The first-order valence-corrected chi connectivity index (χ1v) is 15.5. The number of rotatable bonds is 6. The van der Waals surface area contributed by atoms with E-state index in [1.807, 2.05) is 10.3 Å². The summed E-state index contributed by atoms with van der Waals surface area (Å²) < 4.78 is 39.8. The van der Waals surface area contributed by atoms with Gasteiger partial charge in [-0.2, -0.15) is 8.42 Å². The number of carbonyl (C=O) groups excluding carboxylic acids is 1. The lowest BCUT2D eigenvalue weighted by Crippen LogP contribution is -2.38. The molecule has 3 aromatic rings. The Hall–Kier alpha value is -2.21. The summed E-state index contributed by atoms with van der Waals surface area (Å²) in [4.78, 5) is 19.5. The molecule has 38 heavy (non-hydrogen) atoms. The van der Waals surface area contributed by atoms with Crippen molar-refractivity contribution >= 4 is 50.6 Å². The molecule has 2 aliphatic heterocycles. The molecule has 0 bridgehead atoms. The monoisotopic (exact) mass is 596 g/mol. The van der Waals surface area contributed by atoms with E-state index in [1.54, 1.807) is 47.7 Å². The molecule has 8 nitrogen and oxygen atoms in total. The fraction of sp³-hybridized carbons (Fsp3) is 0.385. The molecule has 1 saturated heterocycles. The number of fused-ring (bicyclic) bond motifs is 1. The highest BCUT2D eigenvalue weighted by atomic mass is 35.5. The van der Waals surface area contributed by atoms with E-state index < -0.39 is 16.4 Å². The summed E-state index contributed by atoms with van der Waals surface area (Å²) in [6, 6.07) is 10.2. The minimum atomic E-state index is -3.61. The van der Waals surface area contributed by atoms with Gasteiger partial charge >= 0.3 is 10.1 Å². The number of benzene rings is 2. The maximum atomic E-state index is 12.8. The highest BCUT2D eigenvalue weighted by Gasteiger charge is 2.28. The molecule has 0 spiro atoms. The van der Waals surface area contributed by atoms with E-state index in [9.17, 15) is 13.2 Å². The number of amides is 1. The minimum absolute atomic E-state index is 0.0392. The number of piperidine rings is 1. The summed E-state index contributed by atoms with van der Waals surface area (Å²) in [6.07, 6.45) is 2.25. The molecule has 1 unspecified atom stereocenters. The van der Waals surface area contributed by atoms with Crippen molar-refractivity contribution < 1.29 is 26.9 Å². The lowest BCUT2D eigenvalue weighted by molar-refractivity contribution is -0.155. The van der Waals surface area contributed by atoms with Crippen molar-refractivity contribution in [3.05, 3.63) is 79.2 Å². The van der Waals surface area contributed by atoms with Crippen LogP contribution >= 0.6 is 34.5 Å². The van der Waals surface area contributed by atoms with Crippen molar-refractivity contribution in [1.29, 1.82) is 0 Å². The molecular formula is C26H26Cl2N2O6S2. The molecule has 12 heteroatoms. The van der Waals surface area contributed by atoms with E-state index in [0.29, 0.717) is 35.4 Å². The molecule has 0 radical (unpaired) electrons. The number of hydrogen-bond donors (Lipinski definition) is 0. The van der Waals surface area contributed by atoms with Crippen LogP contribution in [0.4, 0.5) is 0 Å². The zero-order valence-corrected chi connectivity index (χ0v) is 23.7. The van der Waals surface area contributed by atoms with Gasteiger partial charge in [-0.1, -0.05) is 29.3 Å². The largest absolute Gasteiger partial charge is 0.383 e. The first-order valence-electron chi connectivity index (χ1n) is 12.1. The second kappa shape index (κ2) is 11.5. The Bertz CT molecular complexity index is 1440. The predicted octanol–water partition coefficient (Wildman–Crippen LogP) is 5.48. The summed E-state index contributed by atoms with van der Waals surface area (Å²) >= 11 is 13.9. The van der Waals surface area contributed by atoms with Crippen molar-refractivity contribution in [3.63, 3.8) is 0 Å². The van der Waals surface area contributed by atoms with E-state index >= 15 is 0 Å². The van der Waals surface area contributed by atoms with Gasteiger partial charge in [-0.15, -0.1) is 11.3 Å². The Balaban J connectivity index is 1.17. The SMILES string of the molecule is CS(=O)(=O)Oc1ccc2c(c1)COC(c1csc(C3CCN(C(=O)Cc4cc(Cl)ccc4Cl)CC3)n1)OC2. The Morgan fingerprint density at radius 2 is 1.84 bits per heavy atom. The molecule has 3 heterocycles. The van der Waals surface area contributed by atoms with Gasteiger partial charge in [-0.05, 0) is 59.9 Å². The van der Waals surface area contributed by atoms with E-state index in [4.69, 9.17) is 41.8 Å². The number of thiazole rings is 1. The Morgan fingerprint density at radius 3 is 2.58 bits per heavy atom. The van der Waals surface area contributed by atoms with Crippen molar-refractivity contribution in [2.24, 2.45) is 0 Å². The average molecular weight is 598 g/mol. The molecular weight excluding hydrogens is 571 g/mol. The Kier molecular flexibility index (Phi) is 8.27. The number of aromatic nitrogens is 1. The highest BCUT2D eigenvalue weighted by Crippen LogP contribution is 2.35. The summed E-state index contributed by atoms with van der Waals surface area (Å²) in [6.45, 7) is 1.86. The van der Waals surface area contributed by atoms with Crippen LogP contribution < -0.4 is 4.18 Å². The van der Waals surface area contributed by atoms with Crippen LogP contribution in [0.2, 0.25) is 10.0 Å². The van der Waals surface area contributed by atoms with Crippen LogP contribution in [0.1, 0.15) is 52.4 Å². The third-order valence-corrected chi connectivity index (χ3v) is 8.66. The Morgan fingerprint density at radius 1 is 1.11 bits per heavy atom. The van der Waals surface area contributed by atoms with Crippen molar-refractivity contribution in [2.45, 2.75) is 44.7 Å². The van der Waals surface area contributed by atoms with Crippen LogP contribution in [0, 0.1) is 0 Å². The van der Waals surface area contributed by atoms with E-state index in [1.165, 1.54) is 0 Å². The maximum Gasteiger partial charge on any atom is 0.306 e.